The molecule has 4 aromatic carbocycles. The van der Waals surface area contributed by atoms with Crippen LogP contribution in [-0.2, 0) is 40.0 Å². The first-order chi connectivity index (χ1) is 30.1. The van der Waals surface area contributed by atoms with E-state index in [1.54, 1.807) is 64.9 Å². The van der Waals surface area contributed by atoms with Gasteiger partial charge in [-0.2, -0.15) is 0 Å². The predicted molar refractivity (Wildman–Crippen MR) is 231 cm³/mol. The zero-order valence-electron chi connectivity index (χ0n) is 34.9. The number of hydrogen-bond acceptors (Lipinski definition) is 12. The molecule has 3 N–H and O–H groups in total. The van der Waals surface area contributed by atoms with Crippen LogP contribution in [0.4, 0.5) is 10.1 Å². The topological polar surface area (TPSA) is 185 Å². The van der Waals surface area contributed by atoms with Gasteiger partial charge >= 0.3 is 17.9 Å². The average molecular weight is 874 g/mol. The Morgan fingerprint density at radius 1 is 0.889 bits per heavy atom. The summed E-state index contributed by atoms with van der Waals surface area (Å²) < 4.78 is 33.8. The van der Waals surface area contributed by atoms with Gasteiger partial charge in [0.05, 0.1) is 12.5 Å². The molecule has 0 spiro atoms. The Balaban J connectivity index is 0.000000455. The van der Waals surface area contributed by atoms with Crippen LogP contribution in [0, 0.1) is 29.5 Å². The van der Waals surface area contributed by atoms with Gasteiger partial charge in [0.1, 0.15) is 43.2 Å². The number of anilines is 1. The zero-order chi connectivity index (χ0) is 45.5. The molecule has 1 fully saturated rings. The van der Waals surface area contributed by atoms with E-state index in [1.807, 2.05) is 37.3 Å². The van der Waals surface area contributed by atoms with E-state index in [1.165, 1.54) is 44.2 Å². The van der Waals surface area contributed by atoms with E-state index in [0.29, 0.717) is 39.6 Å². The number of carbonyl (C=O) groups is 5. The second kappa shape index (κ2) is 22.0. The number of nitrogens with two attached hydrogens (primary N) is 1. The number of aromatic nitrogens is 1. The molecule has 15 heteroatoms. The summed E-state index contributed by atoms with van der Waals surface area (Å²) in [6.45, 7) is 4.95. The van der Waals surface area contributed by atoms with Gasteiger partial charge in [-0.3, -0.25) is 24.0 Å². The minimum atomic E-state index is -1.95. The number of rotatable bonds is 13. The summed E-state index contributed by atoms with van der Waals surface area (Å²) in [5.74, 6) is 9.49. The Bertz CT molecular complexity index is 2540. The SMILES string of the molecule is CC(=O)OCC(O)(C#Cc1ccc(OCc2ccccc2)c(C2CC(=O)N2c2ccc(C#Cc3nc(C(N)=O)cs3)cc2)c1)COC(C)=O.CCC(OC(C)=O)c1ccc(F)cc1. The van der Waals surface area contributed by atoms with E-state index in [0.717, 1.165) is 11.1 Å². The lowest BCUT2D eigenvalue weighted by atomic mass is 9.90. The molecule has 0 radical (unpaired) electrons. The number of aliphatic hydroxyl groups is 1. The molecule has 0 saturated carbocycles. The van der Waals surface area contributed by atoms with Crippen LogP contribution in [0.3, 0.4) is 0 Å². The van der Waals surface area contributed by atoms with Crippen molar-refractivity contribution in [3.05, 3.63) is 147 Å². The van der Waals surface area contributed by atoms with Gasteiger partial charge in [0.2, 0.25) is 5.91 Å². The number of amides is 2. The van der Waals surface area contributed by atoms with E-state index >= 15 is 0 Å². The fraction of sp³-hybridized carbons (Fsp3) is 0.250. The normalized spacial score (nSPS) is 13.3. The van der Waals surface area contributed by atoms with Crippen LogP contribution >= 0.6 is 11.3 Å². The van der Waals surface area contributed by atoms with Crippen molar-refractivity contribution in [3.63, 3.8) is 0 Å². The number of carbonyl (C=O) groups excluding carboxylic acids is 5. The van der Waals surface area contributed by atoms with Crippen LogP contribution in [0.15, 0.2) is 102 Å². The Hall–Kier alpha value is -7.33. The molecule has 6 rings (SSSR count). The summed E-state index contributed by atoms with van der Waals surface area (Å²) in [6.07, 6.45) is 0.633. The third-order valence-corrected chi connectivity index (χ3v) is 9.92. The highest BCUT2D eigenvalue weighted by Gasteiger charge is 2.40. The van der Waals surface area contributed by atoms with Crippen LogP contribution in [0.5, 0.6) is 5.75 Å². The molecular formula is C48H44FN3O10S. The molecule has 324 valence electrons. The molecular weight excluding hydrogens is 830 g/mol. The van der Waals surface area contributed by atoms with Crippen molar-refractivity contribution >= 4 is 46.7 Å². The van der Waals surface area contributed by atoms with Crippen LogP contribution in [0.25, 0.3) is 0 Å². The summed E-state index contributed by atoms with van der Waals surface area (Å²) in [5, 5.41) is 13.0. The number of halogens is 1. The van der Waals surface area contributed by atoms with E-state index in [4.69, 9.17) is 24.7 Å². The van der Waals surface area contributed by atoms with Gasteiger partial charge in [-0.15, -0.1) is 11.3 Å². The number of nitrogens with zero attached hydrogens (tertiary/aromatic N) is 2. The van der Waals surface area contributed by atoms with Crippen molar-refractivity contribution in [2.24, 2.45) is 5.73 Å². The number of esters is 3. The van der Waals surface area contributed by atoms with Crippen LogP contribution in [0.2, 0.25) is 0 Å². The first kappa shape index (κ1) is 46.7. The number of benzene rings is 4. The van der Waals surface area contributed by atoms with Crippen LogP contribution in [-0.4, -0.2) is 58.6 Å². The monoisotopic (exact) mass is 873 g/mol. The van der Waals surface area contributed by atoms with Gasteiger partial charge in [-0.25, -0.2) is 9.37 Å². The smallest absolute Gasteiger partial charge is 0.303 e. The molecule has 13 nitrogen and oxygen atoms in total. The van der Waals surface area contributed by atoms with Gasteiger partial charge in [0, 0.05) is 48.5 Å². The molecule has 1 aliphatic rings. The molecule has 2 heterocycles. The summed E-state index contributed by atoms with van der Waals surface area (Å²) >= 11 is 1.22. The van der Waals surface area contributed by atoms with Gasteiger partial charge in [0.25, 0.3) is 5.91 Å². The lowest BCUT2D eigenvalue weighted by Gasteiger charge is -2.41. The Morgan fingerprint density at radius 3 is 2.11 bits per heavy atom. The Morgan fingerprint density at radius 2 is 1.54 bits per heavy atom. The van der Waals surface area contributed by atoms with Crippen molar-refractivity contribution in [2.75, 3.05) is 18.1 Å². The lowest BCUT2D eigenvalue weighted by molar-refractivity contribution is -0.154. The molecule has 1 aromatic heterocycles. The number of ether oxygens (including phenoxy) is 4. The minimum Gasteiger partial charge on any atom is -0.489 e. The summed E-state index contributed by atoms with van der Waals surface area (Å²) in [5.41, 5.74) is 7.78. The number of thiazole rings is 1. The second-order valence-corrected chi connectivity index (χ2v) is 15.0. The highest BCUT2D eigenvalue weighted by atomic mass is 32.1. The molecule has 1 aliphatic heterocycles. The maximum Gasteiger partial charge on any atom is 0.303 e. The van der Waals surface area contributed by atoms with Crippen LogP contribution in [0.1, 0.15) is 96.0 Å². The zero-order valence-corrected chi connectivity index (χ0v) is 35.7. The maximum atomic E-state index is 13.0. The molecule has 1 saturated heterocycles. The fourth-order valence-corrected chi connectivity index (χ4v) is 6.68. The minimum absolute atomic E-state index is 0.0896. The number of primary amides is 1. The molecule has 5 aromatic rings. The van der Waals surface area contributed by atoms with Crippen molar-refractivity contribution in [3.8, 4) is 29.4 Å². The predicted octanol–water partition coefficient (Wildman–Crippen LogP) is 6.75. The van der Waals surface area contributed by atoms with Crippen molar-refractivity contribution < 1.29 is 52.4 Å². The van der Waals surface area contributed by atoms with Gasteiger partial charge in [-0.1, -0.05) is 67.1 Å². The lowest BCUT2D eigenvalue weighted by Crippen LogP contribution is -2.46. The van der Waals surface area contributed by atoms with E-state index in [2.05, 4.69) is 28.7 Å². The second-order valence-electron chi connectivity index (χ2n) is 14.1. The quantitative estimate of drug-likeness (QED) is 0.0552. The van der Waals surface area contributed by atoms with Gasteiger partial charge in [-0.05, 0) is 78.1 Å². The maximum absolute atomic E-state index is 13.0. The van der Waals surface area contributed by atoms with E-state index in [9.17, 15) is 33.5 Å². The first-order valence-corrected chi connectivity index (χ1v) is 20.5. The number of β-lactam (4-membered cyclic amide) rings is 1. The summed E-state index contributed by atoms with van der Waals surface area (Å²) in [6, 6.07) is 27.6. The molecule has 0 bridgehead atoms. The standard InChI is InChI=1S/C37H31N3O8S.C11H13FO2/c1-24(41)47-22-37(45,23-48-25(2)42)17-16-27-10-14-33(46-20-28-6-4-3-5-7-28)30(18-27)32-19-35(43)40(32)29-12-8-26(9-13-29)11-15-34-39-31(21-49-34)36(38)44;1-3-11(14-8(2)13)9-4-6-10(12)7-5-9/h3-10,12-14,18,21,32,45H,19-20,22-23H2,1-2H3,(H2,38,44);4-7,11H,3H2,1-2H3. The fourth-order valence-electron chi connectivity index (χ4n) is 6.03. The van der Waals surface area contributed by atoms with Crippen molar-refractivity contribution in [2.45, 2.75) is 64.9 Å². The number of hydrogen-bond donors (Lipinski definition) is 2. The van der Waals surface area contributed by atoms with Crippen molar-refractivity contribution in [1.29, 1.82) is 0 Å². The molecule has 2 amide bonds. The molecule has 2 unspecified atom stereocenters. The summed E-state index contributed by atoms with van der Waals surface area (Å²) in [4.78, 5) is 63.7. The van der Waals surface area contributed by atoms with Crippen LogP contribution < -0.4 is 15.4 Å². The van der Waals surface area contributed by atoms with E-state index in [-0.39, 0.29) is 48.6 Å². The largest absolute Gasteiger partial charge is 0.489 e. The molecule has 0 aliphatic carbocycles. The highest BCUT2D eigenvalue weighted by Crippen LogP contribution is 2.43. The van der Waals surface area contributed by atoms with E-state index < -0.39 is 36.7 Å². The van der Waals surface area contributed by atoms with Crippen molar-refractivity contribution in [1.82, 2.24) is 4.98 Å². The highest BCUT2D eigenvalue weighted by molar-refractivity contribution is 7.10. The first-order valence-electron chi connectivity index (χ1n) is 19.6. The average Bonchev–Trinajstić information content (AvgIpc) is 3.75. The molecule has 2 atom stereocenters. The Kier molecular flexibility index (Phi) is 16.3. The molecule has 63 heavy (non-hydrogen) atoms. The Labute approximate surface area is 368 Å². The van der Waals surface area contributed by atoms with Gasteiger partial charge < -0.3 is 34.7 Å². The summed E-state index contributed by atoms with van der Waals surface area (Å²) in [7, 11) is 0. The third kappa shape index (κ3) is 13.8. The van der Waals surface area contributed by atoms with Gasteiger partial charge in [0.15, 0.2) is 10.6 Å². The third-order valence-electron chi connectivity index (χ3n) is 9.16.